The monoisotopic (exact) mass is 1310 g/mol. The molecule has 6 atom stereocenters. The number of hydrogen-bond donors (Lipinski definition) is 2. The maximum Gasteiger partial charge on any atom is 0.338 e. The van der Waals surface area contributed by atoms with E-state index in [9.17, 15) is 43.8 Å². The third-order valence-corrected chi connectivity index (χ3v) is 15.4. The quantitative estimate of drug-likeness (QED) is 0.0152. The van der Waals surface area contributed by atoms with Crippen molar-refractivity contribution in [2.45, 2.75) is 212 Å². The average Bonchev–Trinajstić information content (AvgIpc) is 0.926. The summed E-state index contributed by atoms with van der Waals surface area (Å²) in [5, 5.41) is 19.2. The van der Waals surface area contributed by atoms with Crippen molar-refractivity contribution in [3.05, 3.63) is 174 Å². The predicted octanol–water partition coefficient (Wildman–Crippen LogP) is 17.0. The summed E-state index contributed by atoms with van der Waals surface area (Å²) in [7, 11) is 0. The van der Waals surface area contributed by atoms with Crippen molar-refractivity contribution in [2.75, 3.05) is 39.6 Å². The number of hydrogen-bond acceptors (Lipinski definition) is 16. The lowest BCUT2D eigenvalue weighted by molar-refractivity contribution is -0.158. The number of carbonyl (C=O) groups excluding carboxylic acids is 7. The molecular formula is C78H116O16. The molecule has 0 aliphatic heterocycles. The molecule has 4 aromatic rings. The van der Waals surface area contributed by atoms with Crippen LogP contribution >= 0.6 is 0 Å². The molecule has 6 unspecified atom stereocenters. The molecule has 16 heteroatoms. The van der Waals surface area contributed by atoms with Gasteiger partial charge in [0.25, 0.3) is 0 Å². The van der Waals surface area contributed by atoms with Gasteiger partial charge >= 0.3 is 41.8 Å². The number of ether oxygens (including phenoxy) is 7. The molecule has 4 aromatic carbocycles. The van der Waals surface area contributed by atoms with Crippen LogP contribution in [0.4, 0.5) is 0 Å². The Kier molecular flexibility index (Phi) is 47.7. The van der Waals surface area contributed by atoms with E-state index in [1.165, 1.54) is 86.9 Å². The maximum atomic E-state index is 12.0. The molecule has 94 heavy (non-hydrogen) atoms. The SMILES string of the molecule is C=C(C)C(=O)OCC(O)COC(=O)CCOC(=O)C(C)(C)CC.C=C(C)C(=O)OCC(O)COC(=O)c1ccc(OC(=O)C(C)(C)CC)cc1.C=C(C)C(=O)OCCCCC(C)CC.CCC(C)c1ccccc1.CCC(C)c1ccccc1.CCC(C)c1ccccc1. The van der Waals surface area contributed by atoms with Crippen LogP contribution in [0.15, 0.2) is 152 Å². The van der Waals surface area contributed by atoms with Gasteiger partial charge in [-0.05, 0) is 158 Å². The Morgan fingerprint density at radius 2 is 0.798 bits per heavy atom. The minimum atomic E-state index is -1.14. The first-order valence-corrected chi connectivity index (χ1v) is 33.1. The molecule has 524 valence electrons. The topological polar surface area (TPSA) is 225 Å². The van der Waals surface area contributed by atoms with Crippen molar-refractivity contribution in [2.24, 2.45) is 16.7 Å². The van der Waals surface area contributed by atoms with Crippen LogP contribution in [-0.4, -0.2) is 104 Å². The standard InChI is InChI=1S/C20H26O7.C16H26O7.C12H22O2.3C10H14/c1-6-20(4,5)19(24)27-16-9-7-14(8-10-16)18(23)26-12-15(21)11-25-17(22)13(2)3;1-6-16(4,5)15(20)21-8-7-13(18)22-9-12(17)10-23-14(19)11(2)3;1-5-11(4)8-6-7-9-14-12(13)10(2)3;3*1-3-9(2)10-7-5-4-6-8-10/h7-10,15,21H,2,6,11-12H2,1,3-5H3;12,17H,2,6-10H2,1,3-5H3;11H,2,5-9H2,1,3-4H3;3*4-9H,3H2,1-2H3. The predicted molar refractivity (Wildman–Crippen MR) is 375 cm³/mol. The molecule has 0 spiro atoms. The summed E-state index contributed by atoms with van der Waals surface area (Å²) in [6, 6.07) is 37.8. The first-order valence-electron chi connectivity index (χ1n) is 33.1. The van der Waals surface area contributed by atoms with E-state index in [2.05, 4.69) is 166 Å². The highest BCUT2D eigenvalue weighted by molar-refractivity contribution is 5.90. The summed E-state index contributed by atoms with van der Waals surface area (Å²) in [4.78, 5) is 80.4. The van der Waals surface area contributed by atoms with Crippen molar-refractivity contribution in [1.82, 2.24) is 0 Å². The smallest absolute Gasteiger partial charge is 0.338 e. The zero-order valence-electron chi connectivity index (χ0n) is 60.0. The number of esters is 7. The molecule has 0 aromatic heterocycles. The third kappa shape index (κ3) is 41.8. The molecule has 4 rings (SSSR count). The van der Waals surface area contributed by atoms with Crippen LogP contribution in [-0.2, 0) is 57.2 Å². The summed E-state index contributed by atoms with van der Waals surface area (Å²) in [5.41, 5.74) is 4.30. The van der Waals surface area contributed by atoms with Gasteiger partial charge in [0.1, 0.15) is 51.0 Å². The minimum absolute atomic E-state index is 0.0815. The summed E-state index contributed by atoms with van der Waals surface area (Å²) >= 11 is 0. The zero-order chi connectivity index (χ0) is 71.8. The van der Waals surface area contributed by atoms with Gasteiger partial charge in [-0.1, -0.05) is 193 Å². The highest BCUT2D eigenvalue weighted by atomic mass is 16.6. The lowest BCUT2D eigenvalue weighted by Crippen LogP contribution is -2.28. The fourth-order valence-corrected chi connectivity index (χ4v) is 6.96. The summed E-state index contributed by atoms with van der Waals surface area (Å²) in [6.45, 7) is 42.9. The Morgan fingerprint density at radius 3 is 1.16 bits per heavy atom. The maximum absolute atomic E-state index is 12.0. The largest absolute Gasteiger partial charge is 0.465 e. The Bertz CT molecular complexity index is 2680. The first-order chi connectivity index (χ1) is 44.3. The second kappa shape index (κ2) is 50.8. The normalized spacial score (nSPS) is 12.4. The van der Waals surface area contributed by atoms with Gasteiger partial charge in [-0.15, -0.1) is 0 Å². The van der Waals surface area contributed by atoms with E-state index in [0.717, 1.165) is 18.8 Å². The van der Waals surface area contributed by atoms with Crippen LogP contribution in [0.3, 0.4) is 0 Å². The Labute approximate surface area is 564 Å². The molecule has 0 saturated heterocycles. The number of benzene rings is 4. The van der Waals surface area contributed by atoms with Gasteiger partial charge in [-0.3, -0.25) is 14.4 Å². The number of carbonyl (C=O) groups is 7. The van der Waals surface area contributed by atoms with Crippen LogP contribution in [0.25, 0.3) is 0 Å². The summed E-state index contributed by atoms with van der Waals surface area (Å²) < 4.78 is 34.5. The first kappa shape index (κ1) is 88.4. The van der Waals surface area contributed by atoms with Crippen LogP contribution in [0.5, 0.6) is 5.75 Å². The Balaban J connectivity index is 0. The van der Waals surface area contributed by atoms with Crippen molar-refractivity contribution < 1.29 is 76.9 Å². The number of rotatable bonds is 32. The molecule has 16 nitrogen and oxygen atoms in total. The van der Waals surface area contributed by atoms with Crippen molar-refractivity contribution in [3.63, 3.8) is 0 Å². The van der Waals surface area contributed by atoms with Crippen molar-refractivity contribution >= 4 is 41.8 Å². The molecule has 0 radical (unpaired) electrons. The van der Waals surface area contributed by atoms with E-state index in [-0.39, 0.29) is 74.1 Å². The number of unbranched alkanes of at least 4 members (excludes halogenated alkanes) is 1. The second-order valence-corrected chi connectivity index (χ2v) is 24.7. The second-order valence-electron chi connectivity index (χ2n) is 24.7. The van der Waals surface area contributed by atoms with E-state index in [1.807, 2.05) is 13.8 Å². The highest BCUT2D eigenvalue weighted by Gasteiger charge is 2.29. The van der Waals surface area contributed by atoms with Gasteiger partial charge in [0, 0.05) is 16.7 Å². The van der Waals surface area contributed by atoms with E-state index < -0.39 is 46.9 Å². The van der Waals surface area contributed by atoms with Gasteiger partial charge in [0.15, 0.2) is 0 Å². The third-order valence-electron chi connectivity index (χ3n) is 15.4. The Morgan fingerprint density at radius 1 is 0.436 bits per heavy atom. The van der Waals surface area contributed by atoms with Gasteiger partial charge in [0.05, 0.1) is 29.4 Å². The van der Waals surface area contributed by atoms with E-state index in [1.54, 1.807) is 34.6 Å². The summed E-state index contributed by atoms with van der Waals surface area (Å²) in [6.07, 6.45) is 7.12. The van der Waals surface area contributed by atoms with Gasteiger partial charge in [-0.25, -0.2) is 19.2 Å². The van der Waals surface area contributed by atoms with E-state index >= 15 is 0 Å². The summed E-state index contributed by atoms with van der Waals surface area (Å²) in [5.74, 6) is -0.289. The van der Waals surface area contributed by atoms with E-state index in [4.69, 9.17) is 33.2 Å². The van der Waals surface area contributed by atoms with Crippen molar-refractivity contribution in [3.8, 4) is 5.75 Å². The van der Waals surface area contributed by atoms with Gasteiger partial charge in [-0.2, -0.15) is 0 Å². The molecular weight excluding hydrogens is 1190 g/mol. The average molecular weight is 1310 g/mol. The Hall–Kier alpha value is -7.69. The van der Waals surface area contributed by atoms with Crippen LogP contribution in [0.2, 0.25) is 0 Å². The zero-order valence-corrected chi connectivity index (χ0v) is 60.0. The lowest BCUT2D eigenvalue weighted by atomic mass is 9.91. The molecule has 0 heterocycles. The van der Waals surface area contributed by atoms with Crippen LogP contribution in [0.1, 0.15) is 227 Å². The van der Waals surface area contributed by atoms with Crippen molar-refractivity contribution in [1.29, 1.82) is 0 Å². The highest BCUT2D eigenvalue weighted by Crippen LogP contribution is 2.25. The van der Waals surface area contributed by atoms with E-state index in [0.29, 0.717) is 48.5 Å². The van der Waals surface area contributed by atoms with Crippen LogP contribution < -0.4 is 4.74 Å². The fraction of sp³-hybridized carbons (Fsp3) is 0.526. The van der Waals surface area contributed by atoms with Gasteiger partial charge < -0.3 is 43.4 Å². The number of aliphatic hydroxyl groups excluding tert-OH is 2. The van der Waals surface area contributed by atoms with Gasteiger partial charge in [0.2, 0.25) is 0 Å². The molecule has 0 amide bonds. The minimum Gasteiger partial charge on any atom is -0.465 e. The molecule has 0 saturated carbocycles. The van der Waals surface area contributed by atoms with Crippen LogP contribution in [0, 0.1) is 16.7 Å². The molecule has 2 N–H and O–H groups in total. The molecule has 0 bridgehead atoms. The molecule has 0 aliphatic carbocycles. The fourth-order valence-electron chi connectivity index (χ4n) is 6.96. The number of aliphatic hydroxyl groups is 2. The molecule has 0 fully saturated rings. The molecule has 0 aliphatic rings. The lowest BCUT2D eigenvalue weighted by Gasteiger charge is -2.20.